The molecule has 0 aliphatic rings. The summed E-state index contributed by atoms with van der Waals surface area (Å²) in [6.07, 6.45) is 1.81. The summed E-state index contributed by atoms with van der Waals surface area (Å²) in [5, 5.41) is 6.54. The first-order valence-corrected chi connectivity index (χ1v) is 8.36. The molecule has 136 valence electrons. The monoisotopic (exact) mass is 454 g/mol. The van der Waals surface area contributed by atoms with Gasteiger partial charge in [-0.05, 0) is 38.0 Å². The van der Waals surface area contributed by atoms with Crippen LogP contribution in [0, 0.1) is 0 Å². The molecule has 0 aliphatic heterocycles. The average molecular weight is 454 g/mol. The zero-order valence-corrected chi connectivity index (χ0v) is 17.4. The van der Waals surface area contributed by atoms with E-state index in [4.69, 9.17) is 0 Å². The molecule has 0 atom stereocenters. The van der Waals surface area contributed by atoms with Crippen molar-refractivity contribution in [3.63, 3.8) is 0 Å². The van der Waals surface area contributed by atoms with Gasteiger partial charge in [0.15, 0.2) is 5.96 Å². The maximum Gasteiger partial charge on any atom is 0.250 e. The molecule has 0 spiro atoms. The SMILES string of the molecule is CCNC(=NCc1ccc(Cn2ccccc2=O)cc1)NC(C)C.I. The van der Waals surface area contributed by atoms with Crippen molar-refractivity contribution in [2.45, 2.75) is 39.9 Å². The van der Waals surface area contributed by atoms with Crippen molar-refractivity contribution in [1.29, 1.82) is 0 Å². The van der Waals surface area contributed by atoms with E-state index in [9.17, 15) is 4.79 Å². The smallest absolute Gasteiger partial charge is 0.250 e. The van der Waals surface area contributed by atoms with Crippen LogP contribution in [0.5, 0.6) is 0 Å². The van der Waals surface area contributed by atoms with Crippen LogP contribution in [0.3, 0.4) is 0 Å². The molecule has 0 amide bonds. The van der Waals surface area contributed by atoms with Crippen LogP contribution in [0.4, 0.5) is 0 Å². The molecular weight excluding hydrogens is 427 g/mol. The summed E-state index contributed by atoms with van der Waals surface area (Å²) in [5.41, 5.74) is 2.25. The average Bonchev–Trinajstić information content (AvgIpc) is 2.56. The third-order valence-corrected chi connectivity index (χ3v) is 3.46. The second kappa shape index (κ2) is 10.9. The molecule has 6 heteroatoms. The van der Waals surface area contributed by atoms with Gasteiger partial charge in [-0.1, -0.05) is 30.3 Å². The van der Waals surface area contributed by atoms with E-state index >= 15 is 0 Å². The third kappa shape index (κ3) is 7.29. The highest BCUT2D eigenvalue weighted by Gasteiger charge is 2.01. The molecule has 0 saturated heterocycles. The first kappa shape index (κ1) is 21.2. The largest absolute Gasteiger partial charge is 0.357 e. The number of nitrogens with zero attached hydrogens (tertiary/aromatic N) is 2. The minimum Gasteiger partial charge on any atom is -0.357 e. The molecule has 2 rings (SSSR count). The summed E-state index contributed by atoms with van der Waals surface area (Å²) < 4.78 is 1.70. The number of hydrogen-bond acceptors (Lipinski definition) is 2. The van der Waals surface area contributed by atoms with Crippen LogP contribution in [0.25, 0.3) is 0 Å². The molecule has 0 bridgehead atoms. The Kier molecular flexibility index (Phi) is 9.26. The highest BCUT2D eigenvalue weighted by molar-refractivity contribution is 14.0. The van der Waals surface area contributed by atoms with E-state index in [2.05, 4.69) is 48.5 Å². The molecule has 1 heterocycles. The van der Waals surface area contributed by atoms with Gasteiger partial charge >= 0.3 is 0 Å². The second-order valence-electron chi connectivity index (χ2n) is 5.98. The second-order valence-corrected chi connectivity index (χ2v) is 5.98. The van der Waals surface area contributed by atoms with E-state index in [1.807, 2.05) is 18.2 Å². The summed E-state index contributed by atoms with van der Waals surface area (Å²) >= 11 is 0. The molecule has 0 fully saturated rings. The quantitative estimate of drug-likeness (QED) is 0.401. The van der Waals surface area contributed by atoms with E-state index in [-0.39, 0.29) is 29.5 Å². The van der Waals surface area contributed by atoms with Crippen molar-refractivity contribution in [2.75, 3.05) is 6.54 Å². The van der Waals surface area contributed by atoms with Crippen molar-refractivity contribution >= 4 is 29.9 Å². The van der Waals surface area contributed by atoms with Gasteiger partial charge in [0.05, 0.1) is 13.1 Å². The van der Waals surface area contributed by atoms with Crippen molar-refractivity contribution in [3.8, 4) is 0 Å². The lowest BCUT2D eigenvalue weighted by Crippen LogP contribution is -2.40. The summed E-state index contributed by atoms with van der Waals surface area (Å²) in [6, 6.07) is 13.8. The summed E-state index contributed by atoms with van der Waals surface area (Å²) in [5.74, 6) is 0.826. The lowest BCUT2D eigenvalue weighted by atomic mass is 10.1. The van der Waals surface area contributed by atoms with E-state index in [1.165, 1.54) is 0 Å². The van der Waals surface area contributed by atoms with Crippen LogP contribution in [0.1, 0.15) is 31.9 Å². The maximum absolute atomic E-state index is 11.7. The zero-order chi connectivity index (χ0) is 17.4. The van der Waals surface area contributed by atoms with Crippen LogP contribution in [-0.4, -0.2) is 23.1 Å². The van der Waals surface area contributed by atoms with Gasteiger partial charge in [0.25, 0.3) is 5.56 Å². The Bertz CT molecular complexity index is 723. The Morgan fingerprint density at radius 1 is 1.12 bits per heavy atom. The van der Waals surface area contributed by atoms with E-state index in [0.717, 1.165) is 23.6 Å². The van der Waals surface area contributed by atoms with Crippen LogP contribution in [-0.2, 0) is 13.1 Å². The van der Waals surface area contributed by atoms with Gasteiger partial charge in [-0.2, -0.15) is 0 Å². The van der Waals surface area contributed by atoms with Gasteiger partial charge in [0, 0.05) is 24.8 Å². The molecule has 0 aliphatic carbocycles. The summed E-state index contributed by atoms with van der Waals surface area (Å²) in [6.45, 7) is 8.27. The lowest BCUT2D eigenvalue weighted by Gasteiger charge is -2.14. The van der Waals surface area contributed by atoms with Crippen LogP contribution in [0.15, 0.2) is 58.4 Å². The standard InChI is InChI=1S/C19H26N4O.HI/c1-4-20-19(22-15(2)3)21-13-16-8-10-17(11-9-16)14-23-12-6-5-7-18(23)24;/h5-12,15H,4,13-14H2,1-3H3,(H2,20,21,22);1H. The molecule has 0 unspecified atom stereocenters. The molecule has 5 nitrogen and oxygen atoms in total. The first-order valence-electron chi connectivity index (χ1n) is 8.36. The molecular formula is C19H27IN4O. The molecule has 25 heavy (non-hydrogen) atoms. The highest BCUT2D eigenvalue weighted by atomic mass is 127. The van der Waals surface area contributed by atoms with Gasteiger partial charge in [0.1, 0.15) is 0 Å². The van der Waals surface area contributed by atoms with Crippen molar-refractivity contribution in [1.82, 2.24) is 15.2 Å². The zero-order valence-electron chi connectivity index (χ0n) is 15.0. The Hall–Kier alpha value is -1.83. The highest BCUT2D eigenvalue weighted by Crippen LogP contribution is 2.07. The van der Waals surface area contributed by atoms with Gasteiger partial charge in [-0.3, -0.25) is 4.79 Å². The number of rotatable bonds is 6. The normalized spacial score (nSPS) is 11.1. The van der Waals surface area contributed by atoms with Gasteiger partial charge in [-0.15, -0.1) is 24.0 Å². The molecule has 0 radical (unpaired) electrons. The minimum atomic E-state index is 0. The molecule has 2 N–H and O–H groups in total. The van der Waals surface area contributed by atoms with Crippen LogP contribution in [0.2, 0.25) is 0 Å². The Morgan fingerprint density at radius 2 is 1.80 bits per heavy atom. The van der Waals surface area contributed by atoms with Crippen LogP contribution < -0.4 is 16.2 Å². The molecule has 1 aromatic heterocycles. The van der Waals surface area contributed by atoms with Gasteiger partial charge in [0.2, 0.25) is 0 Å². The van der Waals surface area contributed by atoms with Crippen molar-refractivity contribution in [3.05, 3.63) is 70.1 Å². The fourth-order valence-corrected chi connectivity index (χ4v) is 2.30. The number of nitrogens with one attached hydrogen (secondary N) is 2. The van der Waals surface area contributed by atoms with Crippen LogP contribution >= 0.6 is 24.0 Å². The maximum atomic E-state index is 11.7. The van der Waals surface area contributed by atoms with E-state index < -0.39 is 0 Å². The molecule has 1 aromatic carbocycles. The number of aromatic nitrogens is 1. The van der Waals surface area contributed by atoms with Gasteiger partial charge < -0.3 is 15.2 Å². The number of aliphatic imine (C=N–C) groups is 1. The minimum absolute atomic E-state index is 0. The predicted molar refractivity (Wildman–Crippen MR) is 115 cm³/mol. The topological polar surface area (TPSA) is 58.4 Å². The number of benzene rings is 1. The lowest BCUT2D eigenvalue weighted by molar-refractivity contribution is 0.700. The van der Waals surface area contributed by atoms with Gasteiger partial charge in [-0.25, -0.2) is 4.99 Å². The fourth-order valence-electron chi connectivity index (χ4n) is 2.30. The Morgan fingerprint density at radius 3 is 2.40 bits per heavy atom. The van der Waals surface area contributed by atoms with Crippen molar-refractivity contribution in [2.24, 2.45) is 4.99 Å². The number of guanidine groups is 1. The Labute approximate surface area is 166 Å². The van der Waals surface area contributed by atoms with Crippen molar-refractivity contribution < 1.29 is 0 Å². The summed E-state index contributed by atoms with van der Waals surface area (Å²) in [7, 11) is 0. The fraction of sp³-hybridized carbons (Fsp3) is 0.368. The van der Waals surface area contributed by atoms with E-state index in [0.29, 0.717) is 19.1 Å². The Balaban J connectivity index is 0.00000312. The number of halogens is 1. The molecule has 2 aromatic rings. The third-order valence-electron chi connectivity index (χ3n) is 3.46. The first-order chi connectivity index (χ1) is 11.6. The molecule has 0 saturated carbocycles. The van der Waals surface area contributed by atoms with E-state index in [1.54, 1.807) is 22.9 Å². The number of pyridine rings is 1. The number of hydrogen-bond donors (Lipinski definition) is 2. The predicted octanol–water partition coefficient (Wildman–Crippen LogP) is 2.98. The summed E-state index contributed by atoms with van der Waals surface area (Å²) in [4.78, 5) is 16.3.